The summed E-state index contributed by atoms with van der Waals surface area (Å²) in [7, 11) is 0. The Kier molecular flexibility index (Phi) is 6.97. The van der Waals surface area contributed by atoms with Gasteiger partial charge in [0, 0.05) is 29.9 Å². The average Bonchev–Trinajstić information content (AvgIpc) is 2.68. The lowest BCUT2D eigenvalue weighted by Gasteiger charge is -2.18. The Hall–Kier alpha value is -3.08. The largest absolute Gasteiger partial charge is 0.490 e. The zero-order valence-corrected chi connectivity index (χ0v) is 15.2. The van der Waals surface area contributed by atoms with Crippen LogP contribution < -0.4 is 10.1 Å². The molecule has 2 aromatic carbocycles. The molecule has 0 aliphatic carbocycles. The van der Waals surface area contributed by atoms with Crippen LogP contribution in [0.5, 0.6) is 5.75 Å². The van der Waals surface area contributed by atoms with E-state index in [-0.39, 0.29) is 11.8 Å². The first-order chi connectivity index (χ1) is 12.6. The number of hydrogen-bond acceptors (Lipinski definition) is 3. The van der Waals surface area contributed by atoms with Crippen LogP contribution in [0.25, 0.3) is 0 Å². The molecule has 2 aromatic rings. The van der Waals surface area contributed by atoms with E-state index in [0.29, 0.717) is 42.3 Å². The predicted molar refractivity (Wildman–Crippen MR) is 104 cm³/mol. The summed E-state index contributed by atoms with van der Waals surface area (Å²) in [4.78, 5) is 26.4. The van der Waals surface area contributed by atoms with Crippen molar-refractivity contribution in [3.8, 4) is 5.75 Å². The summed E-state index contributed by atoms with van der Waals surface area (Å²) in [6.45, 7) is 9.24. The van der Waals surface area contributed by atoms with Gasteiger partial charge in [0.25, 0.3) is 11.8 Å². The molecule has 136 valence electrons. The molecule has 5 nitrogen and oxygen atoms in total. The van der Waals surface area contributed by atoms with Crippen LogP contribution in [0.2, 0.25) is 0 Å². The minimum absolute atomic E-state index is 0.0111. The first-order valence-corrected chi connectivity index (χ1v) is 8.63. The fourth-order valence-corrected chi connectivity index (χ4v) is 2.45. The summed E-state index contributed by atoms with van der Waals surface area (Å²) in [5.41, 5.74) is 1.77. The standard InChI is InChI=1S/C21H24N2O3/c1-4-15-26-19-13-9-16(10-14-19)20(24)22-18-11-7-17(8-12-18)21(25)23(5-2)6-3/h4,7-14H,1,5-6,15H2,2-3H3,(H,22,24). The van der Waals surface area contributed by atoms with E-state index in [1.807, 2.05) is 13.8 Å². The van der Waals surface area contributed by atoms with E-state index < -0.39 is 0 Å². The molecule has 0 heterocycles. The van der Waals surface area contributed by atoms with Crippen molar-refractivity contribution < 1.29 is 14.3 Å². The van der Waals surface area contributed by atoms with Crippen molar-refractivity contribution in [2.45, 2.75) is 13.8 Å². The molecule has 0 atom stereocenters. The number of anilines is 1. The van der Waals surface area contributed by atoms with Crippen molar-refractivity contribution in [1.29, 1.82) is 0 Å². The van der Waals surface area contributed by atoms with Gasteiger partial charge in [-0.3, -0.25) is 9.59 Å². The molecule has 0 fully saturated rings. The Morgan fingerprint density at radius 3 is 2.12 bits per heavy atom. The van der Waals surface area contributed by atoms with Crippen molar-refractivity contribution >= 4 is 17.5 Å². The molecule has 5 heteroatoms. The van der Waals surface area contributed by atoms with E-state index in [1.165, 1.54) is 0 Å². The van der Waals surface area contributed by atoms with Gasteiger partial charge in [0.15, 0.2) is 0 Å². The Morgan fingerprint density at radius 1 is 1.00 bits per heavy atom. The third-order valence-corrected chi connectivity index (χ3v) is 3.92. The smallest absolute Gasteiger partial charge is 0.255 e. The first kappa shape index (κ1) is 19.2. The van der Waals surface area contributed by atoms with Crippen molar-refractivity contribution in [1.82, 2.24) is 4.90 Å². The Balaban J connectivity index is 2.00. The molecule has 0 aliphatic rings. The van der Waals surface area contributed by atoms with E-state index in [9.17, 15) is 9.59 Å². The third-order valence-electron chi connectivity index (χ3n) is 3.92. The van der Waals surface area contributed by atoms with Crippen LogP contribution in [0.1, 0.15) is 34.6 Å². The van der Waals surface area contributed by atoms with Gasteiger partial charge >= 0.3 is 0 Å². The van der Waals surface area contributed by atoms with Crippen LogP contribution in [0, 0.1) is 0 Å². The molecule has 0 spiro atoms. The normalized spacial score (nSPS) is 10.1. The van der Waals surface area contributed by atoms with E-state index in [1.54, 1.807) is 59.5 Å². The predicted octanol–water partition coefficient (Wildman–Crippen LogP) is 3.99. The molecule has 0 aliphatic heterocycles. The summed E-state index contributed by atoms with van der Waals surface area (Å²) in [5, 5.41) is 2.82. The van der Waals surface area contributed by atoms with Crippen LogP contribution in [0.4, 0.5) is 5.69 Å². The quantitative estimate of drug-likeness (QED) is 0.731. The maximum atomic E-state index is 12.3. The van der Waals surface area contributed by atoms with Gasteiger partial charge in [-0.2, -0.15) is 0 Å². The van der Waals surface area contributed by atoms with Crippen LogP contribution in [0.3, 0.4) is 0 Å². The van der Waals surface area contributed by atoms with Crippen LogP contribution in [-0.2, 0) is 0 Å². The van der Waals surface area contributed by atoms with Crippen LogP contribution >= 0.6 is 0 Å². The SMILES string of the molecule is C=CCOc1ccc(C(=O)Nc2ccc(C(=O)N(CC)CC)cc2)cc1. The number of carbonyl (C=O) groups is 2. The summed E-state index contributed by atoms with van der Waals surface area (Å²) in [5.74, 6) is 0.451. The Bertz CT molecular complexity index is 748. The van der Waals surface area contributed by atoms with Crippen molar-refractivity contribution in [3.05, 3.63) is 72.3 Å². The molecule has 26 heavy (non-hydrogen) atoms. The second-order valence-corrected chi connectivity index (χ2v) is 5.63. The molecule has 0 radical (unpaired) electrons. The van der Waals surface area contributed by atoms with Gasteiger partial charge in [0.1, 0.15) is 12.4 Å². The average molecular weight is 352 g/mol. The third kappa shape index (κ3) is 4.96. The number of carbonyl (C=O) groups excluding carboxylic acids is 2. The summed E-state index contributed by atoms with van der Waals surface area (Å²) < 4.78 is 5.40. The van der Waals surface area contributed by atoms with E-state index >= 15 is 0 Å². The van der Waals surface area contributed by atoms with Gasteiger partial charge in [-0.1, -0.05) is 12.7 Å². The Labute approximate surface area is 154 Å². The van der Waals surface area contributed by atoms with Crippen LogP contribution in [0.15, 0.2) is 61.2 Å². The fraction of sp³-hybridized carbons (Fsp3) is 0.238. The van der Waals surface area contributed by atoms with E-state index in [4.69, 9.17) is 4.74 Å². The number of rotatable bonds is 8. The molecule has 2 rings (SSSR count). The van der Waals surface area contributed by atoms with Crippen molar-refractivity contribution in [2.24, 2.45) is 0 Å². The number of ether oxygens (including phenoxy) is 1. The fourth-order valence-electron chi connectivity index (χ4n) is 2.45. The van der Waals surface area contributed by atoms with E-state index in [0.717, 1.165) is 0 Å². The van der Waals surface area contributed by atoms with Gasteiger partial charge in [-0.05, 0) is 62.4 Å². The van der Waals surface area contributed by atoms with Crippen molar-refractivity contribution in [2.75, 3.05) is 25.0 Å². The lowest BCUT2D eigenvalue weighted by atomic mass is 10.1. The molecule has 0 saturated heterocycles. The molecule has 2 amide bonds. The second-order valence-electron chi connectivity index (χ2n) is 5.63. The molecule has 0 aromatic heterocycles. The number of nitrogens with one attached hydrogen (secondary N) is 1. The lowest BCUT2D eigenvalue weighted by molar-refractivity contribution is 0.0773. The van der Waals surface area contributed by atoms with Gasteiger partial charge in [-0.25, -0.2) is 0 Å². The highest BCUT2D eigenvalue weighted by atomic mass is 16.5. The number of amides is 2. The molecular formula is C21H24N2O3. The molecule has 1 N–H and O–H groups in total. The number of benzene rings is 2. The van der Waals surface area contributed by atoms with Crippen molar-refractivity contribution in [3.63, 3.8) is 0 Å². The maximum absolute atomic E-state index is 12.3. The summed E-state index contributed by atoms with van der Waals surface area (Å²) >= 11 is 0. The number of hydrogen-bond donors (Lipinski definition) is 1. The highest BCUT2D eigenvalue weighted by molar-refractivity contribution is 6.04. The summed E-state index contributed by atoms with van der Waals surface area (Å²) in [6, 6.07) is 13.8. The topological polar surface area (TPSA) is 58.6 Å². The maximum Gasteiger partial charge on any atom is 0.255 e. The van der Waals surface area contributed by atoms with Gasteiger partial charge in [0.05, 0.1) is 0 Å². The minimum Gasteiger partial charge on any atom is -0.490 e. The zero-order chi connectivity index (χ0) is 18.9. The second kappa shape index (κ2) is 9.42. The summed E-state index contributed by atoms with van der Waals surface area (Å²) in [6.07, 6.45) is 1.66. The first-order valence-electron chi connectivity index (χ1n) is 8.63. The van der Waals surface area contributed by atoms with Gasteiger partial charge < -0.3 is 15.0 Å². The monoisotopic (exact) mass is 352 g/mol. The molecule has 0 saturated carbocycles. The molecular weight excluding hydrogens is 328 g/mol. The van der Waals surface area contributed by atoms with Crippen LogP contribution in [-0.4, -0.2) is 36.4 Å². The van der Waals surface area contributed by atoms with E-state index in [2.05, 4.69) is 11.9 Å². The number of nitrogens with zero attached hydrogens (tertiary/aromatic N) is 1. The Morgan fingerprint density at radius 2 is 1.58 bits per heavy atom. The minimum atomic E-state index is -0.219. The zero-order valence-electron chi connectivity index (χ0n) is 15.2. The molecule has 0 unspecified atom stereocenters. The van der Waals surface area contributed by atoms with Gasteiger partial charge in [0.2, 0.25) is 0 Å². The lowest BCUT2D eigenvalue weighted by Crippen LogP contribution is -2.30. The molecule has 0 bridgehead atoms. The van der Waals surface area contributed by atoms with Gasteiger partial charge in [-0.15, -0.1) is 0 Å². The highest BCUT2D eigenvalue weighted by Gasteiger charge is 2.12. The highest BCUT2D eigenvalue weighted by Crippen LogP contribution is 2.16.